The van der Waals surface area contributed by atoms with Crippen molar-refractivity contribution >= 4 is 5.97 Å². The number of carboxylic acid groups (broad SMARTS) is 1. The Kier molecular flexibility index (Phi) is 3.13. The monoisotopic (exact) mass is 273 g/mol. The first-order chi connectivity index (χ1) is 9.41. The highest BCUT2D eigenvalue weighted by Crippen LogP contribution is 2.61. The summed E-state index contributed by atoms with van der Waals surface area (Å²) in [5, 5.41) is 9.10. The maximum absolute atomic E-state index is 11.1. The van der Waals surface area contributed by atoms with Gasteiger partial charge < -0.3 is 10.8 Å². The third-order valence-corrected chi connectivity index (χ3v) is 5.23. The SMILES string of the molecule is CC(C)c1ccc(CC2CC3C(C(=O)O)C3(N)C2)cc1. The van der Waals surface area contributed by atoms with Crippen LogP contribution in [0, 0.1) is 17.8 Å². The lowest BCUT2D eigenvalue weighted by molar-refractivity contribution is -0.139. The van der Waals surface area contributed by atoms with E-state index in [0.29, 0.717) is 11.8 Å². The number of nitrogens with two attached hydrogens (primary N) is 1. The van der Waals surface area contributed by atoms with Crippen LogP contribution >= 0.6 is 0 Å². The minimum atomic E-state index is -0.711. The number of carbonyl (C=O) groups is 1. The highest BCUT2D eigenvalue weighted by atomic mass is 16.4. The second-order valence-corrected chi connectivity index (χ2v) is 6.94. The highest BCUT2D eigenvalue weighted by molar-refractivity contribution is 5.77. The molecule has 4 unspecified atom stereocenters. The zero-order chi connectivity index (χ0) is 14.5. The average Bonchev–Trinajstić information content (AvgIpc) is 2.80. The molecule has 1 aromatic carbocycles. The summed E-state index contributed by atoms with van der Waals surface area (Å²) in [4.78, 5) is 11.1. The molecule has 20 heavy (non-hydrogen) atoms. The minimum absolute atomic E-state index is 0.208. The molecule has 3 N–H and O–H groups in total. The Balaban J connectivity index is 1.60. The van der Waals surface area contributed by atoms with Crippen molar-refractivity contribution in [1.82, 2.24) is 0 Å². The number of carboxylic acids is 1. The van der Waals surface area contributed by atoms with Crippen molar-refractivity contribution in [2.45, 2.75) is 44.6 Å². The Labute approximate surface area is 120 Å². The van der Waals surface area contributed by atoms with E-state index in [4.69, 9.17) is 10.8 Å². The lowest BCUT2D eigenvalue weighted by Gasteiger charge is -2.16. The van der Waals surface area contributed by atoms with Gasteiger partial charge in [0.25, 0.3) is 0 Å². The topological polar surface area (TPSA) is 63.3 Å². The summed E-state index contributed by atoms with van der Waals surface area (Å²) in [5.74, 6) is 0.316. The lowest BCUT2D eigenvalue weighted by Crippen LogP contribution is -2.29. The average molecular weight is 273 g/mol. The molecular weight excluding hydrogens is 250 g/mol. The van der Waals surface area contributed by atoms with Crippen molar-refractivity contribution in [3.05, 3.63) is 35.4 Å². The number of benzene rings is 1. The third kappa shape index (κ3) is 2.14. The summed E-state index contributed by atoms with van der Waals surface area (Å²) < 4.78 is 0. The molecule has 2 aliphatic carbocycles. The van der Waals surface area contributed by atoms with Crippen molar-refractivity contribution in [3.8, 4) is 0 Å². The second-order valence-electron chi connectivity index (χ2n) is 6.94. The quantitative estimate of drug-likeness (QED) is 0.886. The van der Waals surface area contributed by atoms with Crippen LogP contribution in [0.2, 0.25) is 0 Å². The zero-order valence-corrected chi connectivity index (χ0v) is 12.2. The summed E-state index contributed by atoms with van der Waals surface area (Å²) >= 11 is 0. The van der Waals surface area contributed by atoms with Gasteiger partial charge in [-0.25, -0.2) is 0 Å². The van der Waals surface area contributed by atoms with Gasteiger partial charge in [-0.3, -0.25) is 4.79 Å². The van der Waals surface area contributed by atoms with Crippen LogP contribution in [0.3, 0.4) is 0 Å². The number of fused-ring (bicyclic) bond motifs is 1. The predicted molar refractivity (Wildman–Crippen MR) is 78.5 cm³/mol. The van der Waals surface area contributed by atoms with E-state index in [1.165, 1.54) is 11.1 Å². The molecule has 3 rings (SSSR count). The Morgan fingerprint density at radius 1 is 1.40 bits per heavy atom. The Bertz CT molecular complexity index is 522. The summed E-state index contributed by atoms with van der Waals surface area (Å²) in [7, 11) is 0. The maximum Gasteiger partial charge on any atom is 0.308 e. The Morgan fingerprint density at radius 2 is 2.05 bits per heavy atom. The fraction of sp³-hybridized carbons (Fsp3) is 0.588. The van der Waals surface area contributed by atoms with Gasteiger partial charge >= 0.3 is 5.97 Å². The smallest absolute Gasteiger partial charge is 0.308 e. The van der Waals surface area contributed by atoms with E-state index in [0.717, 1.165) is 19.3 Å². The molecule has 0 bridgehead atoms. The van der Waals surface area contributed by atoms with Crippen molar-refractivity contribution in [1.29, 1.82) is 0 Å². The summed E-state index contributed by atoms with van der Waals surface area (Å²) in [6.45, 7) is 4.40. The predicted octanol–water partition coefficient (Wildman–Crippen LogP) is 2.79. The highest BCUT2D eigenvalue weighted by Gasteiger charge is 2.70. The largest absolute Gasteiger partial charge is 0.481 e. The molecule has 2 saturated carbocycles. The molecule has 0 spiro atoms. The second kappa shape index (κ2) is 4.59. The fourth-order valence-electron chi connectivity index (χ4n) is 4.05. The molecule has 0 radical (unpaired) electrons. The van der Waals surface area contributed by atoms with Crippen molar-refractivity contribution in [2.75, 3.05) is 0 Å². The van der Waals surface area contributed by atoms with Gasteiger partial charge in [0.15, 0.2) is 0 Å². The molecule has 1 aromatic rings. The van der Waals surface area contributed by atoms with E-state index in [-0.39, 0.29) is 11.8 Å². The van der Waals surface area contributed by atoms with Gasteiger partial charge in [-0.15, -0.1) is 0 Å². The molecule has 2 aliphatic rings. The number of rotatable bonds is 4. The van der Waals surface area contributed by atoms with Gasteiger partial charge in [-0.05, 0) is 48.1 Å². The normalized spacial score (nSPS) is 35.1. The summed E-state index contributed by atoms with van der Waals surface area (Å²) in [6.07, 6.45) is 2.86. The first kappa shape index (κ1) is 13.6. The summed E-state index contributed by atoms with van der Waals surface area (Å²) in [6, 6.07) is 8.82. The van der Waals surface area contributed by atoms with Gasteiger partial charge in [-0.1, -0.05) is 38.1 Å². The van der Waals surface area contributed by atoms with Gasteiger partial charge in [-0.2, -0.15) is 0 Å². The van der Waals surface area contributed by atoms with Crippen LogP contribution in [-0.4, -0.2) is 16.6 Å². The molecule has 2 fully saturated rings. The van der Waals surface area contributed by atoms with E-state index >= 15 is 0 Å². The molecule has 0 aliphatic heterocycles. The van der Waals surface area contributed by atoms with Crippen LogP contribution in [-0.2, 0) is 11.2 Å². The molecule has 4 atom stereocenters. The maximum atomic E-state index is 11.1. The van der Waals surface area contributed by atoms with E-state index in [1.807, 2.05) is 0 Å². The van der Waals surface area contributed by atoms with Crippen LogP contribution in [0.25, 0.3) is 0 Å². The van der Waals surface area contributed by atoms with Crippen molar-refractivity contribution in [2.24, 2.45) is 23.5 Å². The van der Waals surface area contributed by atoms with Crippen LogP contribution < -0.4 is 5.73 Å². The standard InChI is InChI=1S/C17H23NO2/c1-10(2)13-5-3-11(4-6-13)7-12-8-14-15(16(19)20)17(14,18)9-12/h3-6,10,12,14-15H,7-9,18H2,1-2H3,(H,19,20). The molecule has 0 heterocycles. The third-order valence-electron chi connectivity index (χ3n) is 5.23. The molecule has 3 nitrogen and oxygen atoms in total. The van der Waals surface area contributed by atoms with Gasteiger partial charge in [0, 0.05) is 5.54 Å². The zero-order valence-electron chi connectivity index (χ0n) is 12.2. The molecular formula is C17H23NO2. The van der Waals surface area contributed by atoms with E-state index in [2.05, 4.69) is 38.1 Å². The fourth-order valence-corrected chi connectivity index (χ4v) is 4.05. The lowest BCUT2D eigenvalue weighted by atomic mass is 9.90. The summed E-state index contributed by atoms with van der Waals surface area (Å²) in [5.41, 5.74) is 8.52. The first-order valence-electron chi connectivity index (χ1n) is 7.52. The first-order valence-corrected chi connectivity index (χ1v) is 7.52. The minimum Gasteiger partial charge on any atom is -0.481 e. The molecule has 0 aromatic heterocycles. The van der Waals surface area contributed by atoms with Crippen molar-refractivity contribution < 1.29 is 9.90 Å². The van der Waals surface area contributed by atoms with Crippen LogP contribution in [0.5, 0.6) is 0 Å². The van der Waals surface area contributed by atoms with E-state index in [1.54, 1.807) is 0 Å². The van der Waals surface area contributed by atoms with Crippen LogP contribution in [0.15, 0.2) is 24.3 Å². The van der Waals surface area contributed by atoms with Gasteiger partial charge in [0.1, 0.15) is 0 Å². The molecule has 108 valence electrons. The van der Waals surface area contributed by atoms with Gasteiger partial charge in [0.2, 0.25) is 0 Å². The molecule has 0 amide bonds. The van der Waals surface area contributed by atoms with Crippen LogP contribution in [0.1, 0.15) is 43.7 Å². The number of aliphatic carboxylic acids is 1. The molecule has 3 heteroatoms. The number of hydrogen-bond donors (Lipinski definition) is 2. The van der Waals surface area contributed by atoms with Gasteiger partial charge in [0.05, 0.1) is 5.92 Å². The van der Waals surface area contributed by atoms with E-state index < -0.39 is 11.5 Å². The van der Waals surface area contributed by atoms with Crippen LogP contribution in [0.4, 0.5) is 0 Å². The molecule has 0 saturated heterocycles. The van der Waals surface area contributed by atoms with Crippen molar-refractivity contribution in [3.63, 3.8) is 0 Å². The Morgan fingerprint density at radius 3 is 2.50 bits per heavy atom. The number of hydrogen-bond acceptors (Lipinski definition) is 2. The Hall–Kier alpha value is -1.35. The van der Waals surface area contributed by atoms with E-state index in [9.17, 15) is 4.79 Å².